The standard InChI is InChI=1S/C19H20N2O7S2.K/c1-21(2)29(22,23)19-12-18(30(24,25)26)16(20-13-15-9-6-10-27-15)11-17(19)28-14-7-4-3-5-8-14;/h3-12,20H,13H2,1-2H3,(H,24,25,26);/q;+1/p-1. The molecule has 0 aliphatic rings. The monoisotopic (exact) mass is 490 g/mol. The van der Waals surface area contributed by atoms with Gasteiger partial charge in [-0.2, -0.15) is 0 Å². The molecule has 0 atom stereocenters. The Bertz CT molecular complexity index is 1230. The number of furan rings is 1. The Morgan fingerprint density at radius 3 is 2.23 bits per heavy atom. The van der Waals surface area contributed by atoms with Crippen molar-refractivity contribution in [1.29, 1.82) is 0 Å². The molecule has 2 aromatic carbocycles. The van der Waals surface area contributed by atoms with Gasteiger partial charge < -0.3 is 19.0 Å². The maximum absolute atomic E-state index is 12.8. The van der Waals surface area contributed by atoms with E-state index in [0.29, 0.717) is 11.5 Å². The summed E-state index contributed by atoms with van der Waals surface area (Å²) in [5, 5.41) is 2.79. The average Bonchev–Trinajstić information content (AvgIpc) is 3.19. The maximum atomic E-state index is 12.8. The molecule has 0 spiro atoms. The van der Waals surface area contributed by atoms with Crippen LogP contribution in [-0.2, 0) is 26.7 Å². The van der Waals surface area contributed by atoms with Gasteiger partial charge in [0, 0.05) is 20.2 Å². The van der Waals surface area contributed by atoms with Crippen molar-refractivity contribution in [2.24, 2.45) is 0 Å². The molecule has 12 heteroatoms. The smallest absolute Gasteiger partial charge is 0.744 e. The Balaban J connectivity index is 0.00000341. The van der Waals surface area contributed by atoms with Crippen LogP contribution in [0.1, 0.15) is 5.76 Å². The van der Waals surface area contributed by atoms with Crippen molar-refractivity contribution in [3.05, 3.63) is 66.6 Å². The molecular weight excluding hydrogens is 471 g/mol. The van der Waals surface area contributed by atoms with Crippen LogP contribution in [0.5, 0.6) is 11.5 Å². The van der Waals surface area contributed by atoms with Crippen LogP contribution in [0.15, 0.2) is 75.1 Å². The summed E-state index contributed by atoms with van der Waals surface area (Å²) in [4.78, 5) is -1.16. The van der Waals surface area contributed by atoms with Crippen molar-refractivity contribution in [1.82, 2.24) is 4.31 Å². The number of ether oxygens (including phenoxy) is 1. The van der Waals surface area contributed by atoms with Gasteiger partial charge in [0.1, 0.15) is 32.3 Å². The van der Waals surface area contributed by atoms with Crippen molar-refractivity contribution in [2.45, 2.75) is 16.3 Å². The second-order valence-electron chi connectivity index (χ2n) is 6.38. The average molecular weight is 491 g/mol. The van der Waals surface area contributed by atoms with Gasteiger partial charge in [-0.3, -0.25) is 0 Å². The normalized spacial score (nSPS) is 11.7. The minimum atomic E-state index is -5.00. The molecule has 1 heterocycles. The number of sulfonamides is 1. The van der Waals surface area contributed by atoms with E-state index < -0.39 is 29.9 Å². The van der Waals surface area contributed by atoms with Crippen LogP contribution >= 0.6 is 0 Å². The first-order chi connectivity index (χ1) is 14.1. The molecule has 1 N–H and O–H groups in total. The quantitative estimate of drug-likeness (QED) is 0.341. The van der Waals surface area contributed by atoms with Gasteiger partial charge in [0.2, 0.25) is 10.0 Å². The number of hydrogen-bond acceptors (Lipinski definition) is 8. The summed E-state index contributed by atoms with van der Waals surface area (Å²) in [6.07, 6.45) is 1.44. The van der Waals surface area contributed by atoms with Gasteiger partial charge in [-0.15, -0.1) is 0 Å². The van der Waals surface area contributed by atoms with Gasteiger partial charge >= 0.3 is 51.4 Å². The molecule has 3 rings (SSSR count). The van der Waals surface area contributed by atoms with E-state index in [9.17, 15) is 21.4 Å². The number of hydrogen-bond donors (Lipinski definition) is 1. The number of anilines is 1. The van der Waals surface area contributed by atoms with E-state index in [0.717, 1.165) is 10.4 Å². The summed E-state index contributed by atoms with van der Waals surface area (Å²) < 4.78 is 73.0. The summed E-state index contributed by atoms with van der Waals surface area (Å²) in [7, 11) is -6.56. The summed E-state index contributed by atoms with van der Waals surface area (Å²) >= 11 is 0. The Hall–Kier alpha value is -1.22. The molecule has 0 fully saturated rings. The molecule has 160 valence electrons. The van der Waals surface area contributed by atoms with Crippen LogP contribution in [-0.4, -0.2) is 39.8 Å². The van der Waals surface area contributed by atoms with Crippen molar-refractivity contribution in [2.75, 3.05) is 19.4 Å². The van der Waals surface area contributed by atoms with E-state index in [2.05, 4.69) is 5.32 Å². The molecule has 3 aromatic rings. The zero-order valence-corrected chi connectivity index (χ0v) is 21.9. The molecule has 0 bridgehead atoms. The third-order valence-corrected chi connectivity index (χ3v) is 6.79. The molecule has 0 amide bonds. The Labute approximate surface area is 223 Å². The topological polar surface area (TPSA) is 129 Å². The van der Waals surface area contributed by atoms with Crippen molar-refractivity contribution in [3.8, 4) is 11.5 Å². The molecular formula is C19H19KN2O7S2. The first-order valence-corrected chi connectivity index (χ1v) is 11.5. The molecule has 1 aromatic heterocycles. The van der Waals surface area contributed by atoms with Crippen molar-refractivity contribution in [3.63, 3.8) is 0 Å². The minimum absolute atomic E-state index is 0. The zero-order valence-electron chi connectivity index (χ0n) is 17.1. The molecule has 0 aliphatic heterocycles. The van der Waals surface area contributed by atoms with Crippen LogP contribution in [0.2, 0.25) is 0 Å². The van der Waals surface area contributed by atoms with Crippen molar-refractivity contribution >= 4 is 25.8 Å². The molecule has 9 nitrogen and oxygen atoms in total. The molecule has 0 saturated heterocycles. The van der Waals surface area contributed by atoms with E-state index in [1.54, 1.807) is 42.5 Å². The zero-order chi connectivity index (χ0) is 21.9. The van der Waals surface area contributed by atoms with Gasteiger partial charge in [-0.05, 0) is 30.3 Å². The van der Waals surface area contributed by atoms with Crippen LogP contribution in [0, 0.1) is 0 Å². The number of rotatable bonds is 8. The Morgan fingerprint density at radius 1 is 1.00 bits per heavy atom. The van der Waals surface area contributed by atoms with Crippen LogP contribution in [0.3, 0.4) is 0 Å². The summed E-state index contributed by atoms with van der Waals surface area (Å²) in [5.41, 5.74) is -0.106. The minimum Gasteiger partial charge on any atom is -0.744 e. The first kappa shape index (κ1) is 26.0. The fraction of sp³-hybridized carbons (Fsp3) is 0.158. The number of para-hydroxylation sites is 1. The summed E-state index contributed by atoms with van der Waals surface area (Å²) in [5.74, 6) is 0.687. The van der Waals surface area contributed by atoms with Crippen LogP contribution in [0.4, 0.5) is 5.69 Å². The van der Waals surface area contributed by atoms with E-state index in [1.165, 1.54) is 26.4 Å². The molecule has 0 unspecified atom stereocenters. The van der Waals surface area contributed by atoms with Crippen LogP contribution in [0.25, 0.3) is 0 Å². The van der Waals surface area contributed by atoms with Gasteiger partial charge in [-0.1, -0.05) is 18.2 Å². The van der Waals surface area contributed by atoms with E-state index in [1.807, 2.05) is 0 Å². The molecule has 0 radical (unpaired) electrons. The number of nitrogens with zero attached hydrogens (tertiary/aromatic N) is 1. The Kier molecular flexibility index (Phi) is 8.90. The second kappa shape index (κ2) is 10.6. The largest absolute Gasteiger partial charge is 1.00 e. The second-order valence-corrected chi connectivity index (χ2v) is 9.85. The number of nitrogens with one attached hydrogen (secondary N) is 1. The molecule has 31 heavy (non-hydrogen) atoms. The summed E-state index contributed by atoms with van der Waals surface area (Å²) in [6, 6.07) is 13.7. The fourth-order valence-corrected chi connectivity index (χ4v) is 4.33. The van der Waals surface area contributed by atoms with Gasteiger partial charge in [0.25, 0.3) is 0 Å². The van der Waals surface area contributed by atoms with Gasteiger partial charge in [0.15, 0.2) is 0 Å². The predicted octanol–water partition coefficient (Wildman–Crippen LogP) is -0.158. The first-order valence-electron chi connectivity index (χ1n) is 8.64. The SMILES string of the molecule is CN(C)S(=O)(=O)c1cc(S(=O)(=O)[O-])c(NCc2ccco2)cc1Oc1ccccc1.[K+]. The third kappa shape index (κ3) is 6.40. The fourth-order valence-electron chi connectivity index (χ4n) is 2.58. The molecule has 0 saturated carbocycles. The third-order valence-electron chi connectivity index (χ3n) is 4.08. The Morgan fingerprint density at radius 2 is 1.68 bits per heavy atom. The molecule has 0 aliphatic carbocycles. The predicted molar refractivity (Wildman–Crippen MR) is 108 cm³/mol. The van der Waals surface area contributed by atoms with Gasteiger partial charge in [0.05, 0.1) is 23.4 Å². The van der Waals surface area contributed by atoms with E-state index in [-0.39, 0.29) is 69.4 Å². The van der Waals surface area contributed by atoms with Crippen molar-refractivity contribution < 1.29 is 81.9 Å². The van der Waals surface area contributed by atoms with Gasteiger partial charge in [-0.25, -0.2) is 21.1 Å². The maximum Gasteiger partial charge on any atom is 1.00 e. The van der Waals surface area contributed by atoms with E-state index in [4.69, 9.17) is 9.15 Å². The van der Waals surface area contributed by atoms with E-state index >= 15 is 0 Å². The number of benzene rings is 2. The summed E-state index contributed by atoms with van der Waals surface area (Å²) in [6.45, 7) is 0.0695. The van der Waals surface area contributed by atoms with Crippen LogP contribution < -0.4 is 61.4 Å².